The molecule has 1 saturated heterocycles. The number of thiazole rings is 1. The van der Waals surface area contributed by atoms with E-state index in [0.717, 1.165) is 35.3 Å². The number of nitrogens with one attached hydrogen (secondary N) is 2. The first-order valence-electron chi connectivity index (χ1n) is 9.29. The van der Waals surface area contributed by atoms with E-state index in [1.54, 1.807) is 11.7 Å². The number of anilines is 3. The van der Waals surface area contributed by atoms with E-state index in [2.05, 4.69) is 30.5 Å². The highest BCUT2D eigenvalue weighted by Crippen LogP contribution is 2.26. The minimum atomic E-state index is -0.653. The number of benzene rings is 1. The molecular formula is C19H21N7O2S. The molecule has 0 saturated carbocycles. The molecule has 29 heavy (non-hydrogen) atoms. The Kier molecular flexibility index (Phi) is 5.26. The Morgan fingerprint density at radius 1 is 1.31 bits per heavy atom. The van der Waals surface area contributed by atoms with E-state index in [9.17, 15) is 9.59 Å². The second kappa shape index (κ2) is 8.00. The molecule has 2 amide bonds. The number of aromatic nitrogens is 3. The van der Waals surface area contributed by atoms with E-state index in [0.29, 0.717) is 18.2 Å². The lowest BCUT2D eigenvalue weighted by Gasteiger charge is -2.33. The Bertz CT molecular complexity index is 1070. The summed E-state index contributed by atoms with van der Waals surface area (Å²) in [6, 6.07) is 5.77. The van der Waals surface area contributed by atoms with Crippen LogP contribution in [-0.2, 0) is 4.79 Å². The van der Waals surface area contributed by atoms with Crippen LogP contribution >= 0.6 is 11.3 Å². The minimum Gasteiger partial charge on any atom is -0.364 e. The number of fused-ring (bicyclic) bond motifs is 1. The van der Waals surface area contributed by atoms with Gasteiger partial charge < -0.3 is 21.3 Å². The molecule has 9 nitrogen and oxygen atoms in total. The topological polar surface area (TPSA) is 126 Å². The van der Waals surface area contributed by atoms with Crippen molar-refractivity contribution in [2.24, 2.45) is 5.73 Å². The van der Waals surface area contributed by atoms with Gasteiger partial charge in [-0.15, -0.1) is 11.3 Å². The quantitative estimate of drug-likeness (QED) is 0.586. The first kappa shape index (κ1) is 19.1. The number of hydrogen-bond donors (Lipinski definition) is 3. The van der Waals surface area contributed by atoms with Crippen LogP contribution in [0.25, 0.3) is 10.2 Å². The van der Waals surface area contributed by atoms with E-state index in [1.807, 2.05) is 18.2 Å². The van der Waals surface area contributed by atoms with E-state index in [-0.39, 0.29) is 17.6 Å². The van der Waals surface area contributed by atoms with E-state index < -0.39 is 5.91 Å². The largest absolute Gasteiger partial charge is 0.364 e. The lowest BCUT2D eigenvalue weighted by molar-refractivity contribution is -0.119. The highest BCUT2D eigenvalue weighted by Gasteiger charge is 2.23. The van der Waals surface area contributed by atoms with Crippen molar-refractivity contribution >= 4 is 50.7 Å². The van der Waals surface area contributed by atoms with Gasteiger partial charge in [0.2, 0.25) is 5.91 Å². The number of primary amides is 1. The molecule has 1 atom stereocenters. The number of piperidine rings is 1. The Labute approximate surface area is 171 Å². The summed E-state index contributed by atoms with van der Waals surface area (Å²) >= 11 is 1.53. The van der Waals surface area contributed by atoms with Gasteiger partial charge in [-0.1, -0.05) is 0 Å². The lowest BCUT2D eigenvalue weighted by atomic mass is 10.1. The fourth-order valence-corrected chi connectivity index (χ4v) is 4.18. The average Bonchev–Trinajstić information content (AvgIpc) is 3.15. The summed E-state index contributed by atoms with van der Waals surface area (Å²) in [5.74, 6) is 0.236. The SMILES string of the molecule is CC(=O)N[C@@H]1CCCN(c2cnc(C(N)=O)c(Nc3ccc4ncsc4c3)n2)C1. The smallest absolute Gasteiger partial charge is 0.271 e. The predicted molar refractivity (Wildman–Crippen MR) is 113 cm³/mol. The van der Waals surface area contributed by atoms with Crippen LogP contribution in [0.15, 0.2) is 29.9 Å². The number of carbonyl (C=O) groups is 2. The Morgan fingerprint density at radius 2 is 2.17 bits per heavy atom. The maximum absolute atomic E-state index is 11.9. The highest BCUT2D eigenvalue weighted by molar-refractivity contribution is 7.16. The van der Waals surface area contributed by atoms with Crippen molar-refractivity contribution in [3.05, 3.63) is 35.6 Å². The van der Waals surface area contributed by atoms with Gasteiger partial charge >= 0.3 is 0 Å². The van der Waals surface area contributed by atoms with Crippen molar-refractivity contribution in [2.45, 2.75) is 25.8 Å². The molecule has 150 valence electrons. The summed E-state index contributed by atoms with van der Waals surface area (Å²) in [6.07, 6.45) is 3.39. The molecule has 0 bridgehead atoms. The Morgan fingerprint density at radius 3 is 2.97 bits per heavy atom. The molecule has 2 aromatic heterocycles. The zero-order chi connectivity index (χ0) is 20.4. The Hall–Kier alpha value is -3.27. The molecule has 3 heterocycles. The van der Waals surface area contributed by atoms with Gasteiger partial charge in [-0.25, -0.2) is 15.0 Å². The molecule has 4 rings (SSSR count). The Balaban J connectivity index is 1.61. The van der Waals surface area contributed by atoms with Crippen molar-refractivity contribution in [1.29, 1.82) is 0 Å². The molecule has 1 fully saturated rings. The summed E-state index contributed by atoms with van der Waals surface area (Å²) in [5, 5.41) is 6.12. The van der Waals surface area contributed by atoms with Gasteiger partial charge in [-0.2, -0.15) is 0 Å². The highest BCUT2D eigenvalue weighted by atomic mass is 32.1. The number of nitrogens with zero attached hydrogens (tertiary/aromatic N) is 4. The maximum atomic E-state index is 11.9. The molecule has 3 aromatic rings. The molecule has 0 unspecified atom stereocenters. The maximum Gasteiger partial charge on any atom is 0.271 e. The van der Waals surface area contributed by atoms with Gasteiger partial charge in [-0.3, -0.25) is 9.59 Å². The molecular weight excluding hydrogens is 390 g/mol. The second-order valence-electron chi connectivity index (χ2n) is 6.94. The second-order valence-corrected chi connectivity index (χ2v) is 7.82. The molecule has 1 aliphatic heterocycles. The first-order valence-corrected chi connectivity index (χ1v) is 10.2. The number of carbonyl (C=O) groups excluding carboxylic acids is 2. The van der Waals surface area contributed by atoms with Crippen LogP contribution in [0.3, 0.4) is 0 Å². The van der Waals surface area contributed by atoms with Crippen molar-refractivity contribution in [3.8, 4) is 0 Å². The summed E-state index contributed by atoms with van der Waals surface area (Å²) in [7, 11) is 0. The summed E-state index contributed by atoms with van der Waals surface area (Å²) in [5.41, 5.74) is 9.04. The average molecular weight is 411 g/mol. The molecule has 10 heteroatoms. The van der Waals surface area contributed by atoms with Crippen molar-refractivity contribution in [2.75, 3.05) is 23.3 Å². The van der Waals surface area contributed by atoms with Crippen molar-refractivity contribution in [1.82, 2.24) is 20.3 Å². The molecule has 4 N–H and O–H groups in total. The van der Waals surface area contributed by atoms with Crippen LogP contribution in [0.1, 0.15) is 30.3 Å². The molecule has 0 radical (unpaired) electrons. The summed E-state index contributed by atoms with van der Waals surface area (Å²) in [4.78, 5) is 38.4. The number of rotatable bonds is 5. The van der Waals surface area contributed by atoms with Crippen molar-refractivity contribution < 1.29 is 9.59 Å². The zero-order valence-corrected chi connectivity index (χ0v) is 16.7. The number of hydrogen-bond acceptors (Lipinski definition) is 8. The standard InChI is InChI=1S/C19H21N7O2S/c1-11(27)23-13-3-2-6-26(9-13)16-8-21-17(18(20)28)19(25-16)24-12-4-5-14-15(7-12)29-10-22-14/h4-5,7-8,10,13H,2-3,6,9H2,1H3,(H2,20,28)(H,23,27)(H,24,25)/t13-/m1/s1. The van der Waals surface area contributed by atoms with Crippen LogP contribution in [0.5, 0.6) is 0 Å². The van der Waals surface area contributed by atoms with Crippen LogP contribution in [0.4, 0.5) is 17.3 Å². The molecule has 1 aromatic carbocycles. The van der Waals surface area contributed by atoms with Gasteiger partial charge in [0.25, 0.3) is 5.91 Å². The van der Waals surface area contributed by atoms with Gasteiger partial charge in [0.1, 0.15) is 5.82 Å². The van der Waals surface area contributed by atoms with E-state index >= 15 is 0 Å². The first-order chi connectivity index (χ1) is 14.0. The monoisotopic (exact) mass is 411 g/mol. The normalized spacial score (nSPS) is 16.6. The predicted octanol–water partition coefficient (Wildman–Crippen LogP) is 2.03. The van der Waals surface area contributed by atoms with Gasteiger partial charge in [0.05, 0.1) is 21.9 Å². The van der Waals surface area contributed by atoms with Crippen LogP contribution in [-0.4, -0.2) is 45.9 Å². The van der Waals surface area contributed by atoms with E-state index in [4.69, 9.17) is 5.73 Å². The summed E-state index contributed by atoms with van der Waals surface area (Å²) < 4.78 is 1.02. The third-order valence-corrected chi connectivity index (χ3v) is 5.53. The van der Waals surface area contributed by atoms with Gasteiger partial charge in [0, 0.05) is 31.7 Å². The van der Waals surface area contributed by atoms with Crippen LogP contribution in [0.2, 0.25) is 0 Å². The third-order valence-electron chi connectivity index (χ3n) is 4.74. The van der Waals surface area contributed by atoms with Crippen LogP contribution in [0, 0.1) is 0 Å². The van der Waals surface area contributed by atoms with Crippen molar-refractivity contribution in [3.63, 3.8) is 0 Å². The van der Waals surface area contributed by atoms with Gasteiger partial charge in [0.15, 0.2) is 11.5 Å². The summed E-state index contributed by atoms with van der Waals surface area (Å²) in [6.45, 7) is 2.95. The number of nitrogens with two attached hydrogens (primary N) is 1. The fraction of sp³-hybridized carbons (Fsp3) is 0.316. The lowest BCUT2D eigenvalue weighted by Crippen LogP contribution is -2.47. The molecule has 1 aliphatic rings. The molecule has 0 spiro atoms. The van der Waals surface area contributed by atoms with E-state index in [1.165, 1.54) is 18.3 Å². The van der Waals surface area contributed by atoms with Crippen LogP contribution < -0.4 is 21.3 Å². The third kappa shape index (κ3) is 4.27. The minimum absolute atomic E-state index is 0.0483. The molecule has 0 aliphatic carbocycles. The number of amides is 2. The van der Waals surface area contributed by atoms with Gasteiger partial charge in [-0.05, 0) is 31.0 Å². The zero-order valence-electron chi connectivity index (χ0n) is 15.9. The fourth-order valence-electron chi connectivity index (χ4n) is 3.46.